The predicted molar refractivity (Wildman–Crippen MR) is 76.8 cm³/mol. The van der Waals surface area contributed by atoms with Crippen molar-refractivity contribution in [2.75, 3.05) is 13.7 Å². The molecule has 0 amide bonds. The van der Waals surface area contributed by atoms with Gasteiger partial charge in [-0.05, 0) is 23.7 Å². The second-order valence-corrected chi connectivity index (χ2v) is 11.2. The van der Waals surface area contributed by atoms with E-state index in [-0.39, 0.29) is 11.1 Å². The lowest BCUT2D eigenvalue weighted by molar-refractivity contribution is -0.194. The van der Waals surface area contributed by atoms with Gasteiger partial charge >= 0.3 is 5.97 Å². The topological polar surface area (TPSA) is 93.5 Å². The first-order valence-corrected chi connectivity index (χ1v) is 9.46. The summed E-state index contributed by atoms with van der Waals surface area (Å²) in [4.78, 5) is 14.2. The Morgan fingerprint density at radius 3 is 2.50 bits per heavy atom. The molecule has 8 heteroatoms. The van der Waals surface area contributed by atoms with Crippen molar-refractivity contribution in [2.45, 2.75) is 57.2 Å². The van der Waals surface area contributed by atoms with E-state index in [1.807, 2.05) is 0 Å². The van der Waals surface area contributed by atoms with Gasteiger partial charge in [0.15, 0.2) is 14.4 Å². The van der Waals surface area contributed by atoms with E-state index in [0.29, 0.717) is 6.61 Å². The third-order valence-corrected chi connectivity index (χ3v) is 8.55. The molecule has 0 bridgehead atoms. The summed E-state index contributed by atoms with van der Waals surface area (Å²) in [7, 11) is -0.615. The Hall–Kier alpha value is -1.08. The average Bonchev–Trinajstić information content (AvgIpc) is 2.32. The molecule has 1 heterocycles. The van der Waals surface area contributed by atoms with Gasteiger partial charge in [-0.1, -0.05) is 25.9 Å². The van der Waals surface area contributed by atoms with E-state index in [1.165, 1.54) is 7.11 Å². The van der Waals surface area contributed by atoms with Crippen LogP contribution in [0.2, 0.25) is 18.1 Å². The van der Waals surface area contributed by atoms with Gasteiger partial charge in [0.25, 0.3) is 0 Å². The van der Waals surface area contributed by atoms with E-state index in [2.05, 4.69) is 48.6 Å². The minimum Gasteiger partial charge on any atom is -0.467 e. The fraction of sp³-hybridized carbons (Fsp3) is 0.917. The summed E-state index contributed by atoms with van der Waals surface area (Å²) in [6, 6.07) is -0.558. The summed E-state index contributed by atoms with van der Waals surface area (Å²) in [6.45, 7) is 11.0. The monoisotopic (exact) mass is 301 g/mol. The second-order valence-electron chi connectivity index (χ2n) is 6.39. The summed E-state index contributed by atoms with van der Waals surface area (Å²) in [6.07, 6.45) is -1.20. The van der Waals surface area contributed by atoms with Gasteiger partial charge in [0.2, 0.25) is 0 Å². The van der Waals surface area contributed by atoms with E-state index in [1.54, 1.807) is 0 Å². The Kier molecular flexibility index (Phi) is 5.20. The number of hydrogen-bond donors (Lipinski definition) is 0. The van der Waals surface area contributed by atoms with Crippen LogP contribution in [0.15, 0.2) is 5.11 Å². The summed E-state index contributed by atoms with van der Waals surface area (Å²) in [5, 5.41) is 3.70. The van der Waals surface area contributed by atoms with Gasteiger partial charge in [0, 0.05) is 4.91 Å². The molecule has 0 N–H and O–H groups in total. The maximum absolute atomic E-state index is 11.4. The molecule has 0 saturated carbocycles. The van der Waals surface area contributed by atoms with Gasteiger partial charge in [0.1, 0.15) is 6.04 Å². The van der Waals surface area contributed by atoms with Gasteiger partial charge in [0.05, 0.1) is 19.8 Å². The highest BCUT2D eigenvalue weighted by Gasteiger charge is 2.48. The van der Waals surface area contributed by atoms with E-state index in [4.69, 9.17) is 14.7 Å². The van der Waals surface area contributed by atoms with Crippen LogP contribution in [0.3, 0.4) is 0 Å². The molecular weight excluding hydrogens is 278 g/mol. The van der Waals surface area contributed by atoms with Crippen LogP contribution in [0.5, 0.6) is 0 Å². The summed E-state index contributed by atoms with van der Waals surface area (Å²) >= 11 is 0. The van der Waals surface area contributed by atoms with E-state index in [9.17, 15) is 4.79 Å². The van der Waals surface area contributed by atoms with Crippen molar-refractivity contribution in [1.82, 2.24) is 0 Å². The SMILES string of the molecule is COC(=O)[C@H]1O[C@H](CO[Si](C)(C)C(C)(C)C)[C@H]1N=[N+]=[N-]. The quantitative estimate of drug-likeness (QED) is 0.256. The number of ether oxygens (including phenoxy) is 2. The van der Waals surface area contributed by atoms with Crippen LogP contribution < -0.4 is 0 Å². The van der Waals surface area contributed by atoms with E-state index in [0.717, 1.165) is 0 Å². The van der Waals surface area contributed by atoms with Crippen molar-refractivity contribution in [3.8, 4) is 0 Å². The Labute approximate surface area is 120 Å². The third kappa shape index (κ3) is 3.52. The van der Waals surface area contributed by atoms with Crippen molar-refractivity contribution in [2.24, 2.45) is 5.11 Å². The molecule has 20 heavy (non-hydrogen) atoms. The highest BCUT2D eigenvalue weighted by atomic mass is 28.4. The number of rotatable bonds is 5. The Bertz CT molecular complexity index is 415. The number of nitrogens with zero attached hydrogens (tertiary/aromatic N) is 3. The molecule has 1 aliphatic rings. The molecule has 7 nitrogen and oxygen atoms in total. The molecular formula is C12H23N3O4Si. The molecule has 0 unspecified atom stereocenters. The second kappa shape index (κ2) is 6.13. The molecule has 0 radical (unpaired) electrons. The molecule has 1 aliphatic heterocycles. The summed E-state index contributed by atoms with van der Waals surface area (Å²) < 4.78 is 16.0. The number of hydrogen-bond acceptors (Lipinski definition) is 5. The smallest absolute Gasteiger partial charge is 0.335 e. The number of esters is 1. The molecule has 0 aromatic rings. The molecule has 1 saturated heterocycles. The first-order valence-electron chi connectivity index (χ1n) is 6.55. The zero-order chi connectivity index (χ0) is 15.6. The molecule has 0 aromatic carbocycles. The zero-order valence-corrected chi connectivity index (χ0v) is 13.9. The fourth-order valence-corrected chi connectivity index (χ4v) is 2.62. The normalized spacial score (nSPS) is 26.4. The highest BCUT2D eigenvalue weighted by Crippen LogP contribution is 2.37. The fourth-order valence-electron chi connectivity index (χ4n) is 1.61. The van der Waals surface area contributed by atoms with Crippen LogP contribution in [0.4, 0.5) is 0 Å². The molecule has 0 spiro atoms. The van der Waals surface area contributed by atoms with Crippen LogP contribution in [-0.4, -0.2) is 46.3 Å². The van der Waals surface area contributed by atoms with Gasteiger partial charge in [-0.2, -0.15) is 0 Å². The largest absolute Gasteiger partial charge is 0.467 e. The maximum atomic E-state index is 11.4. The third-order valence-electron chi connectivity index (χ3n) is 4.05. The van der Waals surface area contributed by atoms with Crippen molar-refractivity contribution >= 4 is 14.3 Å². The molecule has 114 valence electrons. The first kappa shape index (κ1) is 17.0. The Morgan fingerprint density at radius 2 is 2.05 bits per heavy atom. The molecule has 0 aromatic heterocycles. The van der Waals surface area contributed by atoms with Crippen LogP contribution >= 0.6 is 0 Å². The zero-order valence-electron chi connectivity index (χ0n) is 12.9. The first-order chi connectivity index (χ1) is 9.14. The minimum atomic E-state index is -1.89. The van der Waals surface area contributed by atoms with Gasteiger partial charge in [-0.15, -0.1) is 0 Å². The average molecular weight is 301 g/mol. The Balaban J connectivity index is 2.62. The van der Waals surface area contributed by atoms with Crippen molar-refractivity contribution in [1.29, 1.82) is 0 Å². The van der Waals surface area contributed by atoms with Crippen molar-refractivity contribution < 1.29 is 18.7 Å². The lowest BCUT2D eigenvalue weighted by atomic mass is 9.99. The number of methoxy groups -OCH3 is 1. The lowest BCUT2D eigenvalue weighted by Gasteiger charge is -2.43. The highest BCUT2D eigenvalue weighted by molar-refractivity contribution is 6.74. The summed E-state index contributed by atoms with van der Waals surface area (Å²) in [5.74, 6) is -0.522. The molecule has 3 atom stereocenters. The van der Waals surface area contributed by atoms with Crippen LogP contribution in [0.25, 0.3) is 10.4 Å². The predicted octanol–water partition coefficient (Wildman–Crippen LogP) is 2.63. The number of carbonyl (C=O) groups is 1. The van der Waals surface area contributed by atoms with Crippen molar-refractivity contribution in [3.63, 3.8) is 0 Å². The summed E-state index contributed by atoms with van der Waals surface area (Å²) in [5.41, 5.74) is 8.57. The molecule has 1 rings (SSSR count). The van der Waals surface area contributed by atoms with Crippen LogP contribution in [0.1, 0.15) is 20.8 Å². The van der Waals surface area contributed by atoms with Crippen LogP contribution in [0, 0.1) is 0 Å². The number of azide groups is 1. The lowest BCUT2D eigenvalue weighted by Crippen LogP contribution is -2.59. The van der Waals surface area contributed by atoms with Gasteiger partial charge < -0.3 is 13.9 Å². The van der Waals surface area contributed by atoms with E-state index >= 15 is 0 Å². The maximum Gasteiger partial charge on any atom is 0.335 e. The number of carbonyl (C=O) groups excluding carboxylic acids is 1. The Morgan fingerprint density at radius 1 is 1.45 bits per heavy atom. The minimum absolute atomic E-state index is 0.0898. The molecule has 1 fully saturated rings. The standard InChI is InChI=1S/C12H23N3O4Si/c1-12(2,3)20(5,6)18-7-8-9(14-15-13)10(19-8)11(16)17-4/h8-10H,7H2,1-6H3/t8-,9-,10+/m1/s1. The van der Waals surface area contributed by atoms with Crippen molar-refractivity contribution in [3.05, 3.63) is 10.4 Å². The van der Waals surface area contributed by atoms with Crippen LogP contribution in [-0.2, 0) is 18.7 Å². The molecule has 0 aliphatic carbocycles. The van der Waals surface area contributed by atoms with Gasteiger partial charge in [-0.3, -0.25) is 0 Å². The van der Waals surface area contributed by atoms with Gasteiger partial charge in [-0.25, -0.2) is 4.79 Å². The van der Waals surface area contributed by atoms with E-state index < -0.39 is 26.4 Å².